The number of carbonyl (C=O) groups is 2. The molecule has 102 valence electrons. The number of halogens is 1. The van der Waals surface area contributed by atoms with Crippen molar-refractivity contribution in [2.75, 3.05) is 5.32 Å². The van der Waals surface area contributed by atoms with Crippen molar-refractivity contribution in [3.63, 3.8) is 0 Å². The first kappa shape index (κ1) is 14.0. The summed E-state index contributed by atoms with van der Waals surface area (Å²) in [6, 6.07) is 7.48. The Morgan fingerprint density at radius 1 is 1.20 bits per heavy atom. The Labute approximate surface area is 120 Å². The van der Waals surface area contributed by atoms with Crippen LogP contribution >= 0.6 is 11.6 Å². The van der Waals surface area contributed by atoms with Gasteiger partial charge in [0.25, 0.3) is 5.91 Å². The Morgan fingerprint density at radius 2 is 1.90 bits per heavy atom. The first-order valence-electron chi connectivity index (χ1n) is 5.74. The highest BCUT2D eigenvalue weighted by molar-refractivity contribution is 6.34. The van der Waals surface area contributed by atoms with E-state index in [1.54, 1.807) is 12.1 Å². The lowest BCUT2D eigenvalue weighted by molar-refractivity contribution is 0.0696. The summed E-state index contributed by atoms with van der Waals surface area (Å²) in [7, 11) is 0. The average molecular weight is 291 g/mol. The zero-order valence-electron chi connectivity index (χ0n) is 10.6. The molecule has 2 aromatic rings. The fourth-order valence-electron chi connectivity index (χ4n) is 1.55. The van der Waals surface area contributed by atoms with E-state index in [0.29, 0.717) is 11.3 Å². The molecule has 2 rings (SSSR count). The van der Waals surface area contributed by atoms with Crippen molar-refractivity contribution in [2.24, 2.45) is 0 Å². The SMILES string of the molecule is Cc1ccc(C(=O)Nc2ccc(C(=O)O)cc2Cl)cn1. The van der Waals surface area contributed by atoms with Gasteiger partial charge in [-0.3, -0.25) is 9.78 Å². The van der Waals surface area contributed by atoms with Gasteiger partial charge in [-0.25, -0.2) is 4.79 Å². The van der Waals surface area contributed by atoms with Gasteiger partial charge in [0.2, 0.25) is 0 Å². The molecular weight excluding hydrogens is 280 g/mol. The Balaban J connectivity index is 2.19. The molecule has 0 saturated carbocycles. The molecule has 0 bridgehead atoms. The number of nitrogens with zero attached hydrogens (tertiary/aromatic N) is 1. The van der Waals surface area contributed by atoms with Gasteiger partial charge in [-0.2, -0.15) is 0 Å². The first-order valence-corrected chi connectivity index (χ1v) is 6.12. The summed E-state index contributed by atoms with van der Waals surface area (Å²) >= 11 is 5.94. The second-order valence-corrected chi connectivity index (χ2v) is 4.55. The van der Waals surface area contributed by atoms with Crippen molar-refractivity contribution in [3.05, 3.63) is 58.4 Å². The molecule has 1 amide bonds. The summed E-state index contributed by atoms with van der Waals surface area (Å²) in [5.74, 6) is -1.44. The number of hydrogen-bond donors (Lipinski definition) is 2. The van der Waals surface area contributed by atoms with Crippen LogP contribution in [0.25, 0.3) is 0 Å². The lowest BCUT2D eigenvalue weighted by Crippen LogP contribution is -2.13. The number of carboxylic acids is 1. The second-order valence-electron chi connectivity index (χ2n) is 4.14. The Kier molecular flexibility index (Phi) is 4.00. The molecule has 0 fully saturated rings. The largest absolute Gasteiger partial charge is 0.478 e. The molecule has 2 N–H and O–H groups in total. The fourth-order valence-corrected chi connectivity index (χ4v) is 1.77. The average Bonchev–Trinajstić information content (AvgIpc) is 2.41. The normalized spacial score (nSPS) is 10.1. The monoisotopic (exact) mass is 290 g/mol. The predicted molar refractivity (Wildman–Crippen MR) is 75.3 cm³/mol. The number of anilines is 1. The molecule has 20 heavy (non-hydrogen) atoms. The third kappa shape index (κ3) is 3.13. The van der Waals surface area contributed by atoms with Crippen molar-refractivity contribution in [1.29, 1.82) is 0 Å². The van der Waals surface area contributed by atoms with Crippen molar-refractivity contribution in [3.8, 4) is 0 Å². The maximum atomic E-state index is 12.0. The van der Waals surface area contributed by atoms with E-state index < -0.39 is 5.97 Å². The van der Waals surface area contributed by atoms with E-state index >= 15 is 0 Å². The number of amides is 1. The number of aromatic nitrogens is 1. The first-order chi connectivity index (χ1) is 9.47. The number of benzene rings is 1. The molecule has 0 spiro atoms. The van der Waals surface area contributed by atoms with Crippen LogP contribution in [0.2, 0.25) is 5.02 Å². The Hall–Kier alpha value is -2.40. The summed E-state index contributed by atoms with van der Waals surface area (Å²) in [6.07, 6.45) is 1.46. The van der Waals surface area contributed by atoms with Gasteiger partial charge in [0.1, 0.15) is 0 Å². The van der Waals surface area contributed by atoms with E-state index in [-0.39, 0.29) is 16.5 Å². The Morgan fingerprint density at radius 3 is 2.45 bits per heavy atom. The number of rotatable bonds is 3. The van der Waals surface area contributed by atoms with Crippen LogP contribution in [0.4, 0.5) is 5.69 Å². The quantitative estimate of drug-likeness (QED) is 0.911. The topological polar surface area (TPSA) is 79.3 Å². The molecule has 0 atom stereocenters. The third-order valence-corrected chi connectivity index (χ3v) is 2.95. The highest BCUT2D eigenvalue weighted by Gasteiger charge is 2.11. The number of pyridine rings is 1. The van der Waals surface area contributed by atoms with Gasteiger partial charge in [0.05, 0.1) is 21.8 Å². The lowest BCUT2D eigenvalue weighted by Gasteiger charge is -2.08. The van der Waals surface area contributed by atoms with E-state index in [1.165, 1.54) is 24.4 Å². The molecule has 0 unspecified atom stereocenters. The highest BCUT2D eigenvalue weighted by Crippen LogP contribution is 2.23. The molecule has 1 aromatic heterocycles. The second kappa shape index (κ2) is 5.71. The minimum atomic E-state index is -1.08. The summed E-state index contributed by atoms with van der Waals surface area (Å²) in [6.45, 7) is 1.82. The maximum Gasteiger partial charge on any atom is 0.335 e. The zero-order chi connectivity index (χ0) is 14.7. The van der Waals surface area contributed by atoms with Crippen LogP contribution in [0.15, 0.2) is 36.5 Å². The van der Waals surface area contributed by atoms with E-state index in [9.17, 15) is 9.59 Å². The van der Waals surface area contributed by atoms with Gasteiger partial charge < -0.3 is 10.4 Å². The maximum absolute atomic E-state index is 12.0. The molecule has 0 aliphatic carbocycles. The molecule has 6 heteroatoms. The van der Waals surface area contributed by atoms with Gasteiger partial charge in [0.15, 0.2) is 0 Å². The standard InChI is InChI=1S/C14H11ClN2O3/c1-8-2-3-10(7-16-8)13(18)17-12-5-4-9(14(19)20)6-11(12)15/h2-7H,1H3,(H,17,18)(H,19,20). The van der Waals surface area contributed by atoms with Gasteiger partial charge in [-0.1, -0.05) is 11.6 Å². The van der Waals surface area contributed by atoms with Crippen molar-refractivity contribution < 1.29 is 14.7 Å². The summed E-state index contributed by atoms with van der Waals surface area (Å²) < 4.78 is 0. The molecule has 0 aliphatic rings. The molecule has 0 radical (unpaired) electrons. The van der Waals surface area contributed by atoms with Crippen molar-refractivity contribution in [1.82, 2.24) is 4.98 Å². The van der Waals surface area contributed by atoms with Gasteiger partial charge in [-0.05, 0) is 37.3 Å². The molecule has 5 nitrogen and oxygen atoms in total. The zero-order valence-corrected chi connectivity index (χ0v) is 11.3. The van der Waals surface area contributed by atoms with E-state index in [4.69, 9.17) is 16.7 Å². The van der Waals surface area contributed by atoms with Crippen LogP contribution in [0.1, 0.15) is 26.4 Å². The van der Waals surface area contributed by atoms with Gasteiger partial charge >= 0.3 is 5.97 Å². The molecule has 1 aromatic carbocycles. The highest BCUT2D eigenvalue weighted by atomic mass is 35.5. The smallest absolute Gasteiger partial charge is 0.335 e. The predicted octanol–water partition coefficient (Wildman–Crippen LogP) is 2.99. The molecular formula is C14H11ClN2O3. The summed E-state index contributed by atoms with van der Waals surface area (Å²) in [5.41, 5.74) is 1.62. The number of aryl methyl sites for hydroxylation is 1. The van der Waals surface area contributed by atoms with Crippen LogP contribution in [0, 0.1) is 6.92 Å². The van der Waals surface area contributed by atoms with Crippen molar-refractivity contribution in [2.45, 2.75) is 6.92 Å². The van der Waals surface area contributed by atoms with Gasteiger partial charge in [0, 0.05) is 11.9 Å². The molecule has 0 saturated heterocycles. The van der Waals surface area contributed by atoms with Crippen molar-refractivity contribution >= 4 is 29.2 Å². The van der Waals surface area contributed by atoms with E-state index in [1.807, 2.05) is 6.92 Å². The van der Waals surface area contributed by atoms with E-state index in [2.05, 4.69) is 10.3 Å². The third-order valence-electron chi connectivity index (χ3n) is 2.64. The van der Waals surface area contributed by atoms with Crippen LogP contribution < -0.4 is 5.32 Å². The number of nitrogens with one attached hydrogen (secondary N) is 1. The Bertz CT molecular complexity index is 669. The molecule has 0 aliphatic heterocycles. The molecule has 1 heterocycles. The number of aromatic carboxylic acids is 1. The van der Waals surface area contributed by atoms with Crippen LogP contribution in [0.5, 0.6) is 0 Å². The fraction of sp³-hybridized carbons (Fsp3) is 0.0714. The van der Waals surface area contributed by atoms with Crippen LogP contribution in [-0.4, -0.2) is 22.0 Å². The van der Waals surface area contributed by atoms with E-state index in [0.717, 1.165) is 5.69 Å². The summed E-state index contributed by atoms with van der Waals surface area (Å²) in [4.78, 5) is 26.8. The summed E-state index contributed by atoms with van der Waals surface area (Å²) in [5, 5.41) is 11.6. The van der Waals surface area contributed by atoms with Crippen LogP contribution in [0.3, 0.4) is 0 Å². The number of hydrogen-bond acceptors (Lipinski definition) is 3. The lowest BCUT2D eigenvalue weighted by atomic mass is 10.2. The number of carboxylic acid groups (broad SMARTS) is 1. The minimum Gasteiger partial charge on any atom is -0.478 e. The van der Waals surface area contributed by atoms with Crippen LogP contribution in [-0.2, 0) is 0 Å². The number of carbonyl (C=O) groups excluding carboxylic acids is 1. The van der Waals surface area contributed by atoms with Gasteiger partial charge in [-0.15, -0.1) is 0 Å². The minimum absolute atomic E-state index is 0.0602.